The van der Waals surface area contributed by atoms with Crippen LogP contribution in [-0.4, -0.2) is 72.2 Å². The van der Waals surface area contributed by atoms with Crippen LogP contribution in [0.2, 0.25) is 0 Å². The highest BCUT2D eigenvalue weighted by Gasteiger charge is 2.28. The average Bonchev–Trinajstić information content (AvgIpc) is 2.66. The van der Waals surface area contributed by atoms with Crippen LogP contribution in [0.1, 0.15) is 31.9 Å². The van der Waals surface area contributed by atoms with Gasteiger partial charge in [-0.2, -0.15) is 11.8 Å². The van der Waals surface area contributed by atoms with Gasteiger partial charge in [0, 0.05) is 49.8 Å². The van der Waals surface area contributed by atoms with Gasteiger partial charge in [0.25, 0.3) is 0 Å². The van der Waals surface area contributed by atoms with Crippen LogP contribution in [0.3, 0.4) is 0 Å². The van der Waals surface area contributed by atoms with Crippen molar-refractivity contribution in [1.82, 2.24) is 15.1 Å². The third kappa shape index (κ3) is 6.40. The highest BCUT2D eigenvalue weighted by atomic mass is 32.2. The Bertz CT molecular complexity index is 611. The SMILES string of the molecule is CCNC(=NCc1ccc(CN2CCOCC2)cc1)N1CCSC(C)(C)C1. The lowest BCUT2D eigenvalue weighted by atomic mass is 10.1. The van der Waals surface area contributed by atoms with Gasteiger partial charge in [0.2, 0.25) is 0 Å². The summed E-state index contributed by atoms with van der Waals surface area (Å²) in [5, 5.41) is 3.47. The average molecular weight is 391 g/mol. The third-order valence-corrected chi connectivity index (χ3v) is 6.30. The fourth-order valence-corrected chi connectivity index (χ4v) is 4.67. The van der Waals surface area contributed by atoms with E-state index in [1.54, 1.807) is 0 Å². The van der Waals surface area contributed by atoms with Crippen molar-refractivity contribution in [3.63, 3.8) is 0 Å². The monoisotopic (exact) mass is 390 g/mol. The molecule has 0 bridgehead atoms. The molecule has 0 atom stereocenters. The first kappa shape index (κ1) is 20.5. The minimum absolute atomic E-state index is 0.287. The number of nitrogens with zero attached hydrogens (tertiary/aromatic N) is 3. The van der Waals surface area contributed by atoms with Crippen molar-refractivity contribution in [2.75, 3.05) is 51.7 Å². The number of thioether (sulfide) groups is 1. The molecule has 0 aromatic heterocycles. The Morgan fingerprint density at radius 2 is 1.85 bits per heavy atom. The van der Waals surface area contributed by atoms with Gasteiger partial charge in [-0.1, -0.05) is 24.3 Å². The maximum absolute atomic E-state index is 5.43. The molecule has 6 heteroatoms. The molecular weight excluding hydrogens is 356 g/mol. The number of aliphatic imine (C=N–C) groups is 1. The van der Waals surface area contributed by atoms with Crippen molar-refractivity contribution >= 4 is 17.7 Å². The summed E-state index contributed by atoms with van der Waals surface area (Å²) >= 11 is 2.05. The molecule has 3 rings (SSSR count). The van der Waals surface area contributed by atoms with Gasteiger partial charge in [-0.3, -0.25) is 4.90 Å². The number of ether oxygens (including phenoxy) is 1. The standard InChI is InChI=1S/C21H34N4OS/c1-4-22-20(25-11-14-27-21(2,3)17-25)23-15-18-5-7-19(8-6-18)16-24-9-12-26-13-10-24/h5-8H,4,9-17H2,1-3H3,(H,22,23). The third-order valence-electron chi connectivity index (χ3n) is 5.00. The topological polar surface area (TPSA) is 40.1 Å². The summed E-state index contributed by atoms with van der Waals surface area (Å²) in [7, 11) is 0. The molecule has 0 amide bonds. The number of guanidine groups is 1. The van der Waals surface area contributed by atoms with E-state index in [-0.39, 0.29) is 4.75 Å². The lowest BCUT2D eigenvalue weighted by Crippen LogP contribution is -2.50. The van der Waals surface area contributed by atoms with E-state index < -0.39 is 0 Å². The van der Waals surface area contributed by atoms with Crippen LogP contribution >= 0.6 is 11.8 Å². The zero-order valence-corrected chi connectivity index (χ0v) is 17.9. The van der Waals surface area contributed by atoms with E-state index in [1.807, 2.05) is 0 Å². The molecular formula is C21H34N4OS. The summed E-state index contributed by atoms with van der Waals surface area (Å²) in [5.41, 5.74) is 2.63. The maximum atomic E-state index is 5.43. The summed E-state index contributed by atoms with van der Waals surface area (Å²) in [6.45, 7) is 15.3. The zero-order chi connectivity index (χ0) is 19.1. The number of hydrogen-bond donors (Lipinski definition) is 1. The van der Waals surface area contributed by atoms with Crippen molar-refractivity contribution < 1.29 is 4.74 Å². The first-order chi connectivity index (χ1) is 13.1. The summed E-state index contributed by atoms with van der Waals surface area (Å²) < 4.78 is 5.71. The van der Waals surface area contributed by atoms with Gasteiger partial charge in [0.1, 0.15) is 0 Å². The smallest absolute Gasteiger partial charge is 0.194 e. The van der Waals surface area contributed by atoms with Crippen LogP contribution in [0.4, 0.5) is 0 Å². The van der Waals surface area contributed by atoms with Crippen LogP contribution in [-0.2, 0) is 17.8 Å². The molecule has 2 aliphatic heterocycles. The molecule has 0 spiro atoms. The second-order valence-corrected chi connectivity index (χ2v) is 9.71. The molecule has 0 saturated carbocycles. The lowest BCUT2D eigenvalue weighted by molar-refractivity contribution is 0.0342. The normalized spacial score (nSPS) is 21.3. The number of hydrogen-bond acceptors (Lipinski definition) is 4. The predicted octanol–water partition coefficient (Wildman–Crippen LogP) is 2.81. The number of nitrogens with one attached hydrogen (secondary N) is 1. The van der Waals surface area contributed by atoms with Gasteiger partial charge in [0.15, 0.2) is 5.96 Å². The number of morpholine rings is 1. The molecule has 0 radical (unpaired) electrons. The molecule has 2 aliphatic rings. The van der Waals surface area contributed by atoms with Crippen molar-refractivity contribution in [1.29, 1.82) is 0 Å². The minimum atomic E-state index is 0.287. The molecule has 2 heterocycles. The van der Waals surface area contributed by atoms with Gasteiger partial charge >= 0.3 is 0 Å². The van der Waals surface area contributed by atoms with Gasteiger partial charge < -0.3 is 15.0 Å². The molecule has 150 valence electrons. The van der Waals surface area contributed by atoms with E-state index >= 15 is 0 Å². The summed E-state index contributed by atoms with van der Waals surface area (Å²) in [6, 6.07) is 8.93. The lowest BCUT2D eigenvalue weighted by Gasteiger charge is -2.39. The minimum Gasteiger partial charge on any atom is -0.379 e. The Hall–Kier alpha value is -1.24. The molecule has 1 aromatic carbocycles. The van der Waals surface area contributed by atoms with E-state index in [0.29, 0.717) is 0 Å². The van der Waals surface area contributed by atoms with E-state index in [4.69, 9.17) is 9.73 Å². The Morgan fingerprint density at radius 1 is 1.15 bits per heavy atom. The molecule has 2 saturated heterocycles. The predicted molar refractivity (Wildman–Crippen MR) is 115 cm³/mol. The highest BCUT2D eigenvalue weighted by Crippen LogP contribution is 2.29. The first-order valence-corrected chi connectivity index (χ1v) is 11.1. The van der Waals surface area contributed by atoms with Gasteiger partial charge in [-0.25, -0.2) is 4.99 Å². The van der Waals surface area contributed by atoms with Crippen molar-refractivity contribution in [3.05, 3.63) is 35.4 Å². The summed E-state index contributed by atoms with van der Waals surface area (Å²) in [5.74, 6) is 2.21. The second-order valence-electron chi connectivity index (χ2n) is 7.90. The largest absolute Gasteiger partial charge is 0.379 e. The molecule has 5 nitrogen and oxygen atoms in total. The number of rotatable bonds is 5. The van der Waals surface area contributed by atoms with Crippen molar-refractivity contribution in [3.8, 4) is 0 Å². The van der Waals surface area contributed by atoms with Crippen molar-refractivity contribution in [2.24, 2.45) is 4.99 Å². The zero-order valence-electron chi connectivity index (χ0n) is 17.0. The molecule has 2 fully saturated rings. The summed E-state index contributed by atoms with van der Waals surface area (Å²) in [4.78, 5) is 9.78. The van der Waals surface area contributed by atoms with E-state index in [1.165, 1.54) is 11.1 Å². The van der Waals surface area contributed by atoms with Crippen LogP contribution in [0.5, 0.6) is 0 Å². The Labute approximate surface area is 168 Å². The van der Waals surface area contributed by atoms with Gasteiger partial charge in [-0.15, -0.1) is 0 Å². The maximum Gasteiger partial charge on any atom is 0.194 e. The van der Waals surface area contributed by atoms with E-state index in [9.17, 15) is 0 Å². The van der Waals surface area contributed by atoms with Crippen LogP contribution in [0.25, 0.3) is 0 Å². The summed E-state index contributed by atoms with van der Waals surface area (Å²) in [6.07, 6.45) is 0. The molecule has 0 aliphatic carbocycles. The molecule has 1 N–H and O–H groups in total. The molecule has 27 heavy (non-hydrogen) atoms. The van der Waals surface area contributed by atoms with E-state index in [0.717, 1.165) is 70.7 Å². The first-order valence-electron chi connectivity index (χ1n) is 10.1. The number of benzene rings is 1. The fraction of sp³-hybridized carbons (Fsp3) is 0.667. The quantitative estimate of drug-likeness (QED) is 0.618. The van der Waals surface area contributed by atoms with Crippen molar-refractivity contribution in [2.45, 2.75) is 38.6 Å². The molecule has 1 aromatic rings. The van der Waals surface area contributed by atoms with Crippen LogP contribution < -0.4 is 5.32 Å². The molecule has 0 unspecified atom stereocenters. The van der Waals surface area contributed by atoms with E-state index in [2.05, 4.69) is 71.9 Å². The fourth-order valence-electron chi connectivity index (χ4n) is 3.56. The highest BCUT2D eigenvalue weighted by molar-refractivity contribution is 8.00. The van der Waals surface area contributed by atoms with Gasteiger partial charge in [-0.05, 0) is 31.9 Å². The second kappa shape index (κ2) is 9.80. The van der Waals surface area contributed by atoms with Crippen LogP contribution in [0.15, 0.2) is 29.3 Å². The Balaban J connectivity index is 1.58. The Morgan fingerprint density at radius 3 is 2.52 bits per heavy atom. The Kier molecular flexibility index (Phi) is 7.44. The van der Waals surface area contributed by atoms with Gasteiger partial charge in [0.05, 0.1) is 19.8 Å². The van der Waals surface area contributed by atoms with Crippen LogP contribution in [0, 0.1) is 0 Å².